The zero-order valence-corrected chi connectivity index (χ0v) is 11.6. The van der Waals surface area contributed by atoms with Crippen molar-refractivity contribution in [2.45, 2.75) is 38.5 Å². The van der Waals surface area contributed by atoms with Gasteiger partial charge >= 0.3 is 0 Å². The van der Waals surface area contributed by atoms with Crippen molar-refractivity contribution in [3.05, 3.63) is 23.7 Å². The Kier molecular flexibility index (Phi) is 3.73. The minimum absolute atomic E-state index is 0.359. The SMILES string of the molecule is Cc1ccc(-c2noc(C3CCC(CN)CC3)n2)nn1. The van der Waals surface area contributed by atoms with Crippen molar-refractivity contribution in [2.24, 2.45) is 11.7 Å². The quantitative estimate of drug-likeness (QED) is 0.920. The molecule has 1 aliphatic carbocycles. The summed E-state index contributed by atoms with van der Waals surface area (Å²) < 4.78 is 5.40. The smallest absolute Gasteiger partial charge is 0.230 e. The number of hydrogen-bond acceptors (Lipinski definition) is 6. The van der Waals surface area contributed by atoms with Crippen LogP contribution in [0.15, 0.2) is 16.7 Å². The summed E-state index contributed by atoms with van der Waals surface area (Å²) in [5, 5.41) is 12.1. The number of nitrogens with zero attached hydrogens (tertiary/aromatic N) is 4. The summed E-state index contributed by atoms with van der Waals surface area (Å²) in [7, 11) is 0. The van der Waals surface area contributed by atoms with Crippen LogP contribution in [0.25, 0.3) is 11.5 Å². The summed E-state index contributed by atoms with van der Waals surface area (Å²) >= 11 is 0. The molecule has 2 aromatic heterocycles. The highest BCUT2D eigenvalue weighted by atomic mass is 16.5. The first-order chi connectivity index (χ1) is 9.76. The van der Waals surface area contributed by atoms with Gasteiger partial charge in [0.2, 0.25) is 11.7 Å². The lowest BCUT2D eigenvalue weighted by Crippen LogP contribution is -2.20. The first kappa shape index (κ1) is 13.2. The maximum absolute atomic E-state index is 5.71. The van der Waals surface area contributed by atoms with Crippen LogP contribution in [0, 0.1) is 12.8 Å². The molecule has 2 heterocycles. The van der Waals surface area contributed by atoms with Crippen molar-refractivity contribution in [1.82, 2.24) is 20.3 Å². The largest absolute Gasteiger partial charge is 0.339 e. The van der Waals surface area contributed by atoms with Crippen LogP contribution < -0.4 is 5.73 Å². The summed E-state index contributed by atoms with van der Waals surface area (Å²) in [4.78, 5) is 4.47. The second-order valence-electron chi connectivity index (χ2n) is 5.47. The standard InChI is InChI=1S/C14H19N5O/c1-9-2-7-12(18-17-9)13-16-14(20-19-13)11-5-3-10(8-15)4-6-11/h2,7,10-11H,3-6,8,15H2,1H3. The predicted molar refractivity (Wildman–Crippen MR) is 73.8 cm³/mol. The molecule has 0 spiro atoms. The molecule has 0 aliphatic heterocycles. The van der Waals surface area contributed by atoms with Crippen molar-refractivity contribution < 1.29 is 4.52 Å². The van der Waals surface area contributed by atoms with Gasteiger partial charge in [0.1, 0.15) is 5.69 Å². The van der Waals surface area contributed by atoms with Gasteiger partial charge in [-0.15, -0.1) is 5.10 Å². The maximum atomic E-state index is 5.71. The number of aryl methyl sites for hydroxylation is 1. The Bertz CT molecular complexity index is 557. The predicted octanol–water partition coefficient (Wildman–Crippen LogP) is 2.07. The molecule has 0 aromatic carbocycles. The van der Waals surface area contributed by atoms with Gasteiger partial charge < -0.3 is 10.3 Å². The Labute approximate surface area is 117 Å². The average molecular weight is 273 g/mol. The van der Waals surface area contributed by atoms with E-state index >= 15 is 0 Å². The molecular formula is C14H19N5O. The lowest BCUT2D eigenvalue weighted by atomic mass is 9.82. The molecule has 6 heteroatoms. The van der Waals surface area contributed by atoms with Crippen LogP contribution in [-0.2, 0) is 0 Å². The third-order valence-corrected chi connectivity index (χ3v) is 4.00. The molecule has 2 N–H and O–H groups in total. The molecule has 3 rings (SSSR count). The van der Waals surface area contributed by atoms with E-state index in [1.165, 1.54) is 0 Å². The fourth-order valence-corrected chi connectivity index (χ4v) is 2.67. The second kappa shape index (κ2) is 5.66. The Morgan fingerprint density at radius 1 is 1.20 bits per heavy atom. The maximum Gasteiger partial charge on any atom is 0.230 e. The van der Waals surface area contributed by atoms with Gasteiger partial charge in [-0.3, -0.25) is 0 Å². The fraction of sp³-hybridized carbons (Fsp3) is 0.571. The number of rotatable bonds is 3. The van der Waals surface area contributed by atoms with Gasteiger partial charge in [0.25, 0.3) is 0 Å². The van der Waals surface area contributed by atoms with E-state index in [0.29, 0.717) is 23.4 Å². The van der Waals surface area contributed by atoms with E-state index in [-0.39, 0.29) is 0 Å². The van der Waals surface area contributed by atoms with Crippen molar-refractivity contribution in [2.75, 3.05) is 6.54 Å². The topological polar surface area (TPSA) is 90.7 Å². The number of hydrogen-bond donors (Lipinski definition) is 1. The molecule has 0 unspecified atom stereocenters. The Hall–Kier alpha value is -1.82. The summed E-state index contributed by atoms with van der Waals surface area (Å²) in [6.07, 6.45) is 4.43. The lowest BCUT2D eigenvalue weighted by Gasteiger charge is -2.24. The lowest BCUT2D eigenvalue weighted by molar-refractivity contribution is 0.275. The fourth-order valence-electron chi connectivity index (χ4n) is 2.67. The molecule has 0 amide bonds. The summed E-state index contributed by atoms with van der Waals surface area (Å²) in [6, 6.07) is 3.76. The molecule has 0 saturated heterocycles. The molecule has 2 aromatic rings. The monoisotopic (exact) mass is 273 g/mol. The molecule has 1 aliphatic rings. The van der Waals surface area contributed by atoms with Crippen LogP contribution in [0.5, 0.6) is 0 Å². The van der Waals surface area contributed by atoms with E-state index in [9.17, 15) is 0 Å². The van der Waals surface area contributed by atoms with Gasteiger partial charge in [0.15, 0.2) is 0 Å². The van der Waals surface area contributed by atoms with E-state index in [2.05, 4.69) is 20.3 Å². The molecule has 6 nitrogen and oxygen atoms in total. The van der Waals surface area contributed by atoms with Crippen LogP contribution in [0.4, 0.5) is 0 Å². The van der Waals surface area contributed by atoms with Crippen LogP contribution in [0.3, 0.4) is 0 Å². The summed E-state index contributed by atoms with van der Waals surface area (Å²) in [5.74, 6) is 2.25. The van der Waals surface area contributed by atoms with E-state index < -0.39 is 0 Å². The average Bonchev–Trinajstić information content (AvgIpc) is 2.98. The molecule has 106 valence electrons. The third-order valence-electron chi connectivity index (χ3n) is 4.00. The summed E-state index contributed by atoms with van der Waals surface area (Å²) in [5.41, 5.74) is 7.24. The molecule has 1 fully saturated rings. The first-order valence-corrected chi connectivity index (χ1v) is 7.10. The summed E-state index contributed by atoms with van der Waals surface area (Å²) in [6.45, 7) is 2.68. The highest BCUT2D eigenvalue weighted by Gasteiger charge is 2.26. The van der Waals surface area contributed by atoms with Gasteiger partial charge in [-0.1, -0.05) is 5.16 Å². The van der Waals surface area contributed by atoms with Crippen LogP contribution in [0.2, 0.25) is 0 Å². The van der Waals surface area contributed by atoms with Crippen LogP contribution >= 0.6 is 0 Å². The van der Waals surface area contributed by atoms with E-state index in [0.717, 1.165) is 43.8 Å². The molecular weight excluding hydrogens is 254 g/mol. The van der Waals surface area contributed by atoms with Gasteiger partial charge in [-0.05, 0) is 57.2 Å². The van der Waals surface area contributed by atoms with E-state index in [4.69, 9.17) is 10.3 Å². The highest BCUT2D eigenvalue weighted by Crippen LogP contribution is 2.35. The molecule has 20 heavy (non-hydrogen) atoms. The van der Waals surface area contributed by atoms with Gasteiger partial charge in [0.05, 0.1) is 5.69 Å². The van der Waals surface area contributed by atoms with Crippen molar-refractivity contribution >= 4 is 0 Å². The molecule has 0 bridgehead atoms. The number of aromatic nitrogens is 4. The zero-order chi connectivity index (χ0) is 13.9. The Morgan fingerprint density at radius 3 is 2.65 bits per heavy atom. The molecule has 0 radical (unpaired) electrons. The van der Waals surface area contributed by atoms with Crippen LogP contribution in [-0.4, -0.2) is 26.9 Å². The minimum Gasteiger partial charge on any atom is -0.339 e. The molecule has 1 saturated carbocycles. The first-order valence-electron chi connectivity index (χ1n) is 7.10. The normalized spacial score (nSPS) is 22.9. The van der Waals surface area contributed by atoms with Gasteiger partial charge in [-0.2, -0.15) is 10.1 Å². The van der Waals surface area contributed by atoms with Gasteiger partial charge in [0, 0.05) is 5.92 Å². The third kappa shape index (κ3) is 2.70. The minimum atomic E-state index is 0.359. The van der Waals surface area contributed by atoms with Crippen molar-refractivity contribution in [3.8, 4) is 11.5 Å². The van der Waals surface area contributed by atoms with Gasteiger partial charge in [-0.25, -0.2) is 0 Å². The second-order valence-corrected chi connectivity index (χ2v) is 5.47. The highest BCUT2D eigenvalue weighted by molar-refractivity contribution is 5.46. The van der Waals surface area contributed by atoms with Crippen molar-refractivity contribution in [3.63, 3.8) is 0 Å². The van der Waals surface area contributed by atoms with E-state index in [1.807, 2.05) is 19.1 Å². The van der Waals surface area contributed by atoms with Crippen LogP contribution in [0.1, 0.15) is 43.2 Å². The zero-order valence-electron chi connectivity index (χ0n) is 11.6. The molecule has 0 atom stereocenters. The van der Waals surface area contributed by atoms with E-state index in [1.54, 1.807) is 0 Å². The number of nitrogens with two attached hydrogens (primary N) is 1. The Morgan fingerprint density at radius 2 is 2.00 bits per heavy atom. The Balaban J connectivity index is 1.72. The van der Waals surface area contributed by atoms with Crippen molar-refractivity contribution in [1.29, 1.82) is 0 Å².